The minimum absolute atomic E-state index is 0.0686. The van der Waals surface area contributed by atoms with E-state index in [2.05, 4.69) is 5.32 Å². The zero-order valence-corrected chi connectivity index (χ0v) is 17.4. The monoisotopic (exact) mass is 408 g/mol. The lowest BCUT2D eigenvalue weighted by Crippen LogP contribution is -2.33. The molecule has 0 atom stereocenters. The molecule has 6 heteroatoms. The number of ether oxygens (including phenoxy) is 1. The van der Waals surface area contributed by atoms with Crippen LogP contribution in [0.3, 0.4) is 0 Å². The van der Waals surface area contributed by atoms with Crippen LogP contribution in [0.4, 0.5) is 5.69 Å². The van der Waals surface area contributed by atoms with Gasteiger partial charge in [0.1, 0.15) is 5.75 Å². The summed E-state index contributed by atoms with van der Waals surface area (Å²) < 4.78 is 5.39. The third kappa shape index (κ3) is 4.03. The van der Waals surface area contributed by atoms with Gasteiger partial charge < -0.3 is 15.0 Å². The first-order valence-corrected chi connectivity index (χ1v) is 10.6. The minimum Gasteiger partial charge on any atom is -0.496 e. The SMILES string of the molecule is COc1ccccc1/C=C1/Sc2ccc(C(=O)NC3CCCC3)cc2N(C)C1=O. The Balaban J connectivity index is 1.60. The maximum absolute atomic E-state index is 12.9. The molecular formula is C23H24N2O3S. The van der Waals surface area contributed by atoms with Gasteiger partial charge in [-0.3, -0.25) is 9.59 Å². The van der Waals surface area contributed by atoms with E-state index in [1.807, 2.05) is 48.5 Å². The fourth-order valence-electron chi connectivity index (χ4n) is 3.80. The number of methoxy groups -OCH3 is 1. The number of anilines is 1. The number of amides is 2. The maximum atomic E-state index is 12.9. The molecule has 2 amide bonds. The number of para-hydroxylation sites is 1. The molecule has 5 nitrogen and oxygen atoms in total. The van der Waals surface area contributed by atoms with E-state index in [0.29, 0.717) is 10.5 Å². The molecule has 1 heterocycles. The zero-order chi connectivity index (χ0) is 20.4. The van der Waals surface area contributed by atoms with E-state index in [-0.39, 0.29) is 17.9 Å². The highest BCUT2D eigenvalue weighted by molar-refractivity contribution is 8.04. The second-order valence-electron chi connectivity index (χ2n) is 7.35. The van der Waals surface area contributed by atoms with E-state index >= 15 is 0 Å². The van der Waals surface area contributed by atoms with Gasteiger partial charge in [-0.15, -0.1) is 0 Å². The molecule has 0 saturated heterocycles. The second kappa shape index (κ2) is 8.33. The van der Waals surface area contributed by atoms with Crippen LogP contribution in [0.25, 0.3) is 6.08 Å². The number of hydrogen-bond acceptors (Lipinski definition) is 4. The van der Waals surface area contributed by atoms with E-state index in [1.54, 1.807) is 19.1 Å². The summed E-state index contributed by atoms with van der Waals surface area (Å²) >= 11 is 1.42. The smallest absolute Gasteiger partial charge is 0.264 e. The van der Waals surface area contributed by atoms with E-state index < -0.39 is 0 Å². The lowest BCUT2D eigenvalue weighted by atomic mass is 10.1. The summed E-state index contributed by atoms with van der Waals surface area (Å²) in [5.41, 5.74) is 2.21. The Labute approximate surface area is 175 Å². The van der Waals surface area contributed by atoms with Crippen LogP contribution >= 0.6 is 11.8 Å². The van der Waals surface area contributed by atoms with Gasteiger partial charge in [0.05, 0.1) is 17.7 Å². The molecule has 4 rings (SSSR count). The van der Waals surface area contributed by atoms with Gasteiger partial charge in [-0.25, -0.2) is 0 Å². The molecular weight excluding hydrogens is 384 g/mol. The van der Waals surface area contributed by atoms with Crippen molar-refractivity contribution in [2.24, 2.45) is 0 Å². The number of benzene rings is 2. The summed E-state index contributed by atoms with van der Waals surface area (Å²) in [4.78, 5) is 28.7. The van der Waals surface area contributed by atoms with Gasteiger partial charge in [0.2, 0.25) is 0 Å². The number of nitrogens with one attached hydrogen (secondary N) is 1. The fourth-order valence-corrected chi connectivity index (χ4v) is 4.88. The Hall–Kier alpha value is -2.73. The van der Waals surface area contributed by atoms with Crippen LogP contribution in [-0.2, 0) is 4.79 Å². The number of fused-ring (bicyclic) bond motifs is 1. The van der Waals surface area contributed by atoms with Crippen LogP contribution in [0.1, 0.15) is 41.6 Å². The van der Waals surface area contributed by atoms with Crippen LogP contribution in [0.2, 0.25) is 0 Å². The van der Waals surface area contributed by atoms with Gasteiger partial charge in [-0.1, -0.05) is 42.8 Å². The van der Waals surface area contributed by atoms with Crippen molar-refractivity contribution in [3.8, 4) is 5.75 Å². The average molecular weight is 409 g/mol. The Morgan fingerprint density at radius 1 is 1.21 bits per heavy atom. The highest BCUT2D eigenvalue weighted by Crippen LogP contribution is 2.42. The van der Waals surface area contributed by atoms with Gasteiger partial charge in [0, 0.05) is 29.1 Å². The summed E-state index contributed by atoms with van der Waals surface area (Å²) in [7, 11) is 3.36. The van der Waals surface area contributed by atoms with Gasteiger partial charge in [-0.2, -0.15) is 0 Å². The molecule has 0 radical (unpaired) electrons. The third-order valence-electron chi connectivity index (χ3n) is 5.43. The number of thioether (sulfide) groups is 1. The molecule has 1 N–H and O–H groups in total. The molecule has 2 aliphatic rings. The Morgan fingerprint density at radius 2 is 1.97 bits per heavy atom. The van der Waals surface area contributed by atoms with Gasteiger partial charge in [-0.05, 0) is 43.2 Å². The van der Waals surface area contributed by atoms with Crippen LogP contribution in [0.5, 0.6) is 5.75 Å². The van der Waals surface area contributed by atoms with Crippen molar-refractivity contribution in [2.45, 2.75) is 36.6 Å². The predicted octanol–water partition coefficient (Wildman–Crippen LogP) is 4.48. The average Bonchev–Trinajstić information content (AvgIpc) is 3.25. The molecule has 2 aromatic rings. The standard InChI is InChI=1S/C23H24N2O3S/c1-25-18-13-16(22(26)24-17-8-4-5-9-17)11-12-20(18)29-21(23(25)27)14-15-7-3-6-10-19(15)28-2/h3,6-7,10-14,17H,4-5,8-9H2,1-2H3,(H,24,26)/b21-14+. The molecule has 1 aliphatic heterocycles. The molecule has 1 saturated carbocycles. The normalized spacial score (nSPS) is 18.1. The zero-order valence-electron chi connectivity index (χ0n) is 16.6. The summed E-state index contributed by atoms with van der Waals surface area (Å²) in [6, 6.07) is 13.4. The van der Waals surface area contributed by atoms with Gasteiger partial charge in [0.15, 0.2) is 0 Å². The molecule has 29 heavy (non-hydrogen) atoms. The number of rotatable bonds is 4. The van der Waals surface area contributed by atoms with E-state index in [4.69, 9.17) is 4.74 Å². The van der Waals surface area contributed by atoms with Crippen molar-refractivity contribution in [3.63, 3.8) is 0 Å². The topological polar surface area (TPSA) is 58.6 Å². The van der Waals surface area contributed by atoms with Crippen molar-refractivity contribution in [3.05, 3.63) is 58.5 Å². The van der Waals surface area contributed by atoms with E-state index in [1.165, 1.54) is 24.6 Å². The van der Waals surface area contributed by atoms with Crippen molar-refractivity contribution in [1.29, 1.82) is 0 Å². The maximum Gasteiger partial charge on any atom is 0.264 e. The molecule has 1 fully saturated rings. The van der Waals surface area contributed by atoms with Crippen LogP contribution in [0, 0.1) is 0 Å². The number of likely N-dealkylation sites (N-methyl/N-ethyl adjacent to an activating group) is 1. The Morgan fingerprint density at radius 3 is 2.72 bits per heavy atom. The molecule has 0 bridgehead atoms. The molecule has 1 aliphatic carbocycles. The summed E-state index contributed by atoms with van der Waals surface area (Å²) in [5.74, 6) is 0.559. The molecule has 150 valence electrons. The molecule has 2 aromatic carbocycles. The number of hydrogen-bond donors (Lipinski definition) is 1. The highest BCUT2D eigenvalue weighted by Gasteiger charge is 2.28. The van der Waals surface area contributed by atoms with Crippen molar-refractivity contribution < 1.29 is 14.3 Å². The largest absolute Gasteiger partial charge is 0.496 e. The quantitative estimate of drug-likeness (QED) is 0.758. The first kappa shape index (κ1) is 19.6. The van der Waals surface area contributed by atoms with Crippen LogP contribution in [0.15, 0.2) is 52.3 Å². The fraction of sp³-hybridized carbons (Fsp3) is 0.304. The highest BCUT2D eigenvalue weighted by atomic mass is 32.2. The number of carbonyl (C=O) groups is 2. The Kier molecular flexibility index (Phi) is 5.62. The van der Waals surface area contributed by atoms with Crippen LogP contribution in [-0.4, -0.2) is 32.0 Å². The second-order valence-corrected chi connectivity index (χ2v) is 8.44. The lowest BCUT2D eigenvalue weighted by molar-refractivity contribution is -0.114. The van der Waals surface area contributed by atoms with E-state index in [9.17, 15) is 9.59 Å². The Bertz CT molecular complexity index is 980. The van der Waals surface area contributed by atoms with Crippen molar-refractivity contribution in [1.82, 2.24) is 5.32 Å². The van der Waals surface area contributed by atoms with Crippen molar-refractivity contribution >= 4 is 35.3 Å². The van der Waals surface area contributed by atoms with Crippen LogP contribution < -0.4 is 15.0 Å². The van der Waals surface area contributed by atoms with E-state index in [0.717, 1.165) is 34.7 Å². The summed E-state index contributed by atoms with van der Waals surface area (Å²) in [5, 5.41) is 3.11. The molecule has 0 unspecified atom stereocenters. The lowest BCUT2D eigenvalue weighted by Gasteiger charge is -2.27. The first-order chi connectivity index (χ1) is 14.1. The molecule has 0 aromatic heterocycles. The first-order valence-electron chi connectivity index (χ1n) is 9.82. The number of carbonyl (C=O) groups excluding carboxylic acids is 2. The van der Waals surface area contributed by atoms with Crippen molar-refractivity contribution in [2.75, 3.05) is 19.1 Å². The van der Waals surface area contributed by atoms with Gasteiger partial charge in [0.25, 0.3) is 11.8 Å². The third-order valence-corrected chi connectivity index (χ3v) is 6.51. The summed E-state index contributed by atoms with van der Waals surface area (Å²) in [6.45, 7) is 0. The minimum atomic E-state index is -0.0956. The van der Waals surface area contributed by atoms with Gasteiger partial charge >= 0.3 is 0 Å². The number of nitrogens with zero attached hydrogens (tertiary/aromatic N) is 1. The predicted molar refractivity (Wildman–Crippen MR) is 116 cm³/mol. The molecule has 0 spiro atoms. The summed E-state index contributed by atoms with van der Waals surface area (Å²) in [6.07, 6.45) is 6.28.